The second-order valence-corrected chi connectivity index (χ2v) is 7.84. The van der Waals surface area contributed by atoms with Crippen LogP contribution in [0, 0.1) is 0 Å². The van der Waals surface area contributed by atoms with Gasteiger partial charge in [-0.05, 0) is 29.7 Å². The van der Waals surface area contributed by atoms with Gasteiger partial charge in [-0.2, -0.15) is 0 Å². The fraction of sp³-hybridized carbons (Fsp3) is 0.333. The van der Waals surface area contributed by atoms with E-state index in [9.17, 15) is 0 Å². The van der Waals surface area contributed by atoms with Crippen molar-refractivity contribution in [3.8, 4) is 0 Å². The van der Waals surface area contributed by atoms with E-state index in [0.29, 0.717) is 5.92 Å². The number of halogens is 3. The van der Waals surface area contributed by atoms with Gasteiger partial charge < -0.3 is 0 Å². The minimum Gasteiger partial charge on any atom is -0.147 e. The highest BCUT2D eigenvalue weighted by Crippen LogP contribution is 2.24. The third kappa shape index (κ3) is 3.90. The lowest BCUT2D eigenvalue weighted by Crippen LogP contribution is -2.00. The van der Waals surface area contributed by atoms with E-state index in [2.05, 4.69) is 6.92 Å². The molecule has 13 heavy (non-hydrogen) atoms. The van der Waals surface area contributed by atoms with E-state index in [1.807, 2.05) is 24.3 Å². The van der Waals surface area contributed by atoms with Crippen LogP contribution >= 0.6 is 33.8 Å². The zero-order chi connectivity index (χ0) is 9.84. The first kappa shape index (κ1) is 11.4. The van der Waals surface area contributed by atoms with Gasteiger partial charge in [-0.25, -0.2) is 0 Å². The minimum absolute atomic E-state index is 0.418. The fourth-order valence-corrected chi connectivity index (χ4v) is 3.35. The molecule has 1 atom stereocenters. The molecule has 1 aromatic rings. The van der Waals surface area contributed by atoms with E-state index in [0.717, 1.165) is 11.1 Å². The number of rotatable bonds is 3. The van der Waals surface area contributed by atoms with Crippen LogP contribution in [-0.2, 0) is 0 Å². The molecule has 0 aliphatic heterocycles. The summed E-state index contributed by atoms with van der Waals surface area (Å²) in [6.45, 7) is 2.12. The van der Waals surface area contributed by atoms with Crippen molar-refractivity contribution in [2.45, 2.75) is 18.9 Å². The molecule has 71 valence electrons. The van der Waals surface area contributed by atoms with Gasteiger partial charge in [-0.1, -0.05) is 30.7 Å². The molecule has 0 aromatic heterocycles. The maximum Gasteiger partial charge on any atom is 0.274 e. The standard InChI is InChI=1S/C9H10Cl3Si/c1-7(6-13(11)12)8-2-4-9(10)5-3-8/h2-5,7H,6H2,1H3. The maximum absolute atomic E-state index is 5.80. The summed E-state index contributed by atoms with van der Waals surface area (Å²) < 4.78 is 0. The zero-order valence-electron chi connectivity index (χ0n) is 7.23. The van der Waals surface area contributed by atoms with E-state index < -0.39 is 7.42 Å². The summed E-state index contributed by atoms with van der Waals surface area (Å²) in [7, 11) is -1.18. The molecule has 0 saturated carbocycles. The van der Waals surface area contributed by atoms with Gasteiger partial charge in [0, 0.05) is 5.02 Å². The molecule has 1 aromatic carbocycles. The molecule has 1 rings (SSSR count). The van der Waals surface area contributed by atoms with Crippen LogP contribution in [0.2, 0.25) is 11.1 Å². The highest BCUT2D eigenvalue weighted by atomic mass is 35.7. The van der Waals surface area contributed by atoms with Gasteiger partial charge in [0.25, 0.3) is 7.42 Å². The van der Waals surface area contributed by atoms with E-state index in [4.69, 9.17) is 33.8 Å². The van der Waals surface area contributed by atoms with Crippen molar-refractivity contribution < 1.29 is 0 Å². The van der Waals surface area contributed by atoms with Crippen molar-refractivity contribution in [2.24, 2.45) is 0 Å². The van der Waals surface area contributed by atoms with Gasteiger partial charge in [0.05, 0.1) is 0 Å². The lowest BCUT2D eigenvalue weighted by Gasteiger charge is -2.10. The van der Waals surface area contributed by atoms with Gasteiger partial charge in [0.15, 0.2) is 0 Å². The summed E-state index contributed by atoms with van der Waals surface area (Å²) in [5.74, 6) is 0.418. The monoisotopic (exact) mass is 251 g/mol. The Kier molecular flexibility index (Phi) is 4.60. The molecule has 0 amide bonds. The summed E-state index contributed by atoms with van der Waals surface area (Å²) in [4.78, 5) is 0. The highest BCUT2D eigenvalue weighted by Gasteiger charge is 2.12. The fourth-order valence-electron chi connectivity index (χ4n) is 1.14. The molecule has 0 bridgehead atoms. The smallest absolute Gasteiger partial charge is 0.147 e. The van der Waals surface area contributed by atoms with Crippen LogP contribution in [-0.4, -0.2) is 7.42 Å². The Labute approximate surface area is 94.8 Å². The van der Waals surface area contributed by atoms with Gasteiger partial charge in [-0.3, -0.25) is 0 Å². The second kappa shape index (κ2) is 5.25. The van der Waals surface area contributed by atoms with Crippen molar-refractivity contribution in [2.75, 3.05) is 0 Å². The van der Waals surface area contributed by atoms with Crippen LogP contribution in [0.3, 0.4) is 0 Å². The maximum atomic E-state index is 5.80. The third-order valence-electron chi connectivity index (χ3n) is 1.90. The number of benzene rings is 1. The molecule has 0 aliphatic rings. The second-order valence-electron chi connectivity index (χ2n) is 3.00. The van der Waals surface area contributed by atoms with E-state index in [1.165, 1.54) is 5.56 Å². The predicted molar refractivity (Wildman–Crippen MR) is 62.1 cm³/mol. The Morgan fingerprint density at radius 1 is 1.23 bits per heavy atom. The molecule has 0 saturated heterocycles. The van der Waals surface area contributed by atoms with Gasteiger partial charge in [0.2, 0.25) is 0 Å². The molecule has 0 fully saturated rings. The molecular formula is C9H10Cl3Si. The van der Waals surface area contributed by atoms with Crippen molar-refractivity contribution in [1.82, 2.24) is 0 Å². The SMILES string of the molecule is CC(C[Si](Cl)Cl)c1ccc(Cl)cc1. The third-order valence-corrected chi connectivity index (χ3v) is 4.00. The van der Waals surface area contributed by atoms with Gasteiger partial charge in [-0.15, -0.1) is 22.2 Å². The summed E-state index contributed by atoms with van der Waals surface area (Å²) in [6, 6.07) is 8.69. The average Bonchev–Trinajstić information content (AvgIpc) is 2.04. The van der Waals surface area contributed by atoms with Crippen molar-refractivity contribution in [3.63, 3.8) is 0 Å². The first-order chi connectivity index (χ1) is 6.09. The summed E-state index contributed by atoms with van der Waals surface area (Å²) in [6.07, 6.45) is 0. The van der Waals surface area contributed by atoms with Crippen molar-refractivity contribution >= 4 is 41.2 Å². The van der Waals surface area contributed by atoms with Gasteiger partial charge in [0.1, 0.15) is 0 Å². The Balaban J connectivity index is 2.66. The Hall–Kier alpha value is 0.307. The summed E-state index contributed by atoms with van der Waals surface area (Å²) in [5, 5.41) is 0.762. The lowest BCUT2D eigenvalue weighted by atomic mass is 10.0. The van der Waals surface area contributed by atoms with Gasteiger partial charge >= 0.3 is 0 Å². The van der Waals surface area contributed by atoms with Crippen LogP contribution in [0.25, 0.3) is 0 Å². The lowest BCUT2D eigenvalue weighted by molar-refractivity contribution is 0.861. The molecule has 0 spiro atoms. The van der Waals surface area contributed by atoms with Crippen LogP contribution in [0.4, 0.5) is 0 Å². The Morgan fingerprint density at radius 2 is 1.77 bits per heavy atom. The van der Waals surface area contributed by atoms with E-state index >= 15 is 0 Å². The van der Waals surface area contributed by atoms with E-state index in [1.54, 1.807) is 0 Å². The zero-order valence-corrected chi connectivity index (χ0v) is 10.5. The van der Waals surface area contributed by atoms with Crippen LogP contribution < -0.4 is 0 Å². The van der Waals surface area contributed by atoms with Crippen LogP contribution in [0.15, 0.2) is 24.3 Å². The minimum atomic E-state index is -1.18. The number of hydrogen-bond donors (Lipinski definition) is 0. The molecule has 1 unspecified atom stereocenters. The molecule has 0 nitrogen and oxygen atoms in total. The summed E-state index contributed by atoms with van der Waals surface area (Å²) in [5.41, 5.74) is 1.24. The van der Waals surface area contributed by atoms with E-state index in [-0.39, 0.29) is 0 Å². The van der Waals surface area contributed by atoms with Crippen molar-refractivity contribution in [3.05, 3.63) is 34.9 Å². The summed E-state index contributed by atoms with van der Waals surface area (Å²) >= 11 is 17.4. The average molecular weight is 253 g/mol. The number of hydrogen-bond acceptors (Lipinski definition) is 0. The largest absolute Gasteiger partial charge is 0.274 e. The molecule has 0 heterocycles. The molecule has 0 aliphatic carbocycles. The molecule has 1 radical (unpaired) electrons. The first-order valence-electron chi connectivity index (χ1n) is 4.02. The normalized spacial score (nSPS) is 13.3. The Morgan fingerprint density at radius 3 is 2.23 bits per heavy atom. The first-order valence-corrected chi connectivity index (χ1v) is 8.12. The predicted octanol–water partition coefficient (Wildman–Crippen LogP) is 4.41. The molecule has 0 N–H and O–H groups in total. The topological polar surface area (TPSA) is 0 Å². The van der Waals surface area contributed by atoms with Crippen molar-refractivity contribution in [1.29, 1.82) is 0 Å². The quantitative estimate of drug-likeness (QED) is 0.552. The Bertz CT molecular complexity index is 258. The highest BCUT2D eigenvalue weighted by molar-refractivity contribution is 7.33. The molecule has 4 heteroatoms. The van der Waals surface area contributed by atoms with Crippen LogP contribution in [0.5, 0.6) is 0 Å². The van der Waals surface area contributed by atoms with Crippen LogP contribution in [0.1, 0.15) is 18.4 Å². The molecular weight excluding hydrogens is 243 g/mol.